The molecule has 19 heavy (non-hydrogen) atoms. The van der Waals surface area contributed by atoms with Crippen LogP contribution in [0.15, 0.2) is 22.7 Å². The second-order valence-electron chi connectivity index (χ2n) is 4.29. The van der Waals surface area contributed by atoms with Crippen molar-refractivity contribution in [1.29, 1.82) is 0 Å². The molecule has 1 aromatic heterocycles. The van der Waals surface area contributed by atoms with Gasteiger partial charge in [-0.25, -0.2) is 8.78 Å². The van der Waals surface area contributed by atoms with E-state index in [-0.39, 0.29) is 29.5 Å². The van der Waals surface area contributed by atoms with E-state index in [1.165, 1.54) is 13.0 Å². The van der Waals surface area contributed by atoms with Crippen LogP contribution in [-0.2, 0) is 11.2 Å². The molecular weight excluding hydrogens is 254 g/mol. The highest BCUT2D eigenvalue weighted by molar-refractivity contribution is 5.81. The number of hydrogen-bond donors (Lipinski definition) is 0. The quantitative estimate of drug-likeness (QED) is 0.853. The SMILES string of the molecule is CC(=O)C(C)c1nc(Cc2ccc(F)cc2F)no1. The van der Waals surface area contributed by atoms with Crippen LogP contribution in [0.5, 0.6) is 0 Å². The molecule has 0 saturated carbocycles. The molecule has 1 unspecified atom stereocenters. The first kappa shape index (κ1) is 13.3. The molecule has 2 aromatic rings. The van der Waals surface area contributed by atoms with Crippen molar-refractivity contribution in [3.05, 3.63) is 47.1 Å². The molecule has 0 bridgehead atoms. The van der Waals surface area contributed by atoms with Gasteiger partial charge in [-0.1, -0.05) is 11.2 Å². The van der Waals surface area contributed by atoms with Crippen LogP contribution in [0.25, 0.3) is 0 Å². The Balaban J connectivity index is 2.18. The number of aromatic nitrogens is 2. The summed E-state index contributed by atoms with van der Waals surface area (Å²) in [6.45, 7) is 3.08. The van der Waals surface area contributed by atoms with E-state index >= 15 is 0 Å². The van der Waals surface area contributed by atoms with Gasteiger partial charge >= 0.3 is 0 Å². The Labute approximate surface area is 108 Å². The van der Waals surface area contributed by atoms with Crippen LogP contribution in [0, 0.1) is 11.6 Å². The topological polar surface area (TPSA) is 56.0 Å². The molecule has 6 heteroatoms. The van der Waals surface area contributed by atoms with Crippen molar-refractivity contribution in [3.8, 4) is 0 Å². The number of carbonyl (C=O) groups is 1. The molecule has 1 heterocycles. The van der Waals surface area contributed by atoms with Gasteiger partial charge < -0.3 is 4.52 Å². The Kier molecular flexibility index (Phi) is 3.69. The summed E-state index contributed by atoms with van der Waals surface area (Å²) in [4.78, 5) is 15.2. The lowest BCUT2D eigenvalue weighted by atomic mass is 10.1. The standard InChI is InChI=1S/C13H12F2N2O2/c1-7(8(2)18)13-16-12(17-19-13)5-9-3-4-10(14)6-11(9)15/h3-4,6-7H,5H2,1-2H3. The molecular formula is C13H12F2N2O2. The molecule has 0 aliphatic heterocycles. The maximum Gasteiger partial charge on any atom is 0.236 e. The average molecular weight is 266 g/mol. The van der Waals surface area contributed by atoms with Crippen molar-refractivity contribution in [3.63, 3.8) is 0 Å². The normalized spacial score (nSPS) is 12.4. The van der Waals surface area contributed by atoms with Crippen LogP contribution < -0.4 is 0 Å². The minimum atomic E-state index is -0.661. The van der Waals surface area contributed by atoms with Gasteiger partial charge in [0, 0.05) is 12.5 Å². The van der Waals surface area contributed by atoms with Gasteiger partial charge in [-0.15, -0.1) is 0 Å². The lowest BCUT2D eigenvalue weighted by Gasteiger charge is -2.00. The minimum absolute atomic E-state index is 0.0836. The predicted octanol–water partition coefficient (Wildman–Crippen LogP) is 2.63. The summed E-state index contributed by atoms with van der Waals surface area (Å²) < 4.78 is 31.2. The van der Waals surface area contributed by atoms with E-state index in [1.807, 2.05) is 0 Å². The van der Waals surface area contributed by atoms with Gasteiger partial charge in [0.1, 0.15) is 17.4 Å². The number of ketones is 1. The minimum Gasteiger partial charge on any atom is -0.339 e. The smallest absolute Gasteiger partial charge is 0.236 e. The van der Waals surface area contributed by atoms with Gasteiger partial charge in [0.2, 0.25) is 5.89 Å². The predicted molar refractivity (Wildman–Crippen MR) is 62.6 cm³/mol. The van der Waals surface area contributed by atoms with Crippen LogP contribution in [0.1, 0.15) is 37.0 Å². The third-order valence-electron chi connectivity index (χ3n) is 2.83. The number of halogens is 2. The van der Waals surface area contributed by atoms with Crippen LogP contribution >= 0.6 is 0 Å². The zero-order valence-electron chi connectivity index (χ0n) is 10.5. The fourth-order valence-electron chi connectivity index (χ4n) is 1.52. The Morgan fingerprint density at radius 3 is 2.79 bits per heavy atom. The van der Waals surface area contributed by atoms with Crippen molar-refractivity contribution in [2.45, 2.75) is 26.2 Å². The highest BCUT2D eigenvalue weighted by Gasteiger charge is 2.18. The van der Waals surface area contributed by atoms with Gasteiger partial charge in [0.25, 0.3) is 0 Å². The maximum atomic E-state index is 13.4. The maximum absolute atomic E-state index is 13.4. The van der Waals surface area contributed by atoms with Gasteiger partial charge in [-0.2, -0.15) is 4.98 Å². The fraction of sp³-hybridized carbons (Fsp3) is 0.308. The summed E-state index contributed by atoms with van der Waals surface area (Å²) in [5, 5.41) is 3.68. The van der Waals surface area contributed by atoms with Gasteiger partial charge in [-0.3, -0.25) is 4.79 Å². The summed E-state index contributed by atoms with van der Waals surface area (Å²) in [7, 11) is 0. The summed E-state index contributed by atoms with van der Waals surface area (Å²) in [6.07, 6.45) is 0.0836. The highest BCUT2D eigenvalue weighted by Crippen LogP contribution is 2.17. The van der Waals surface area contributed by atoms with Gasteiger partial charge in [0.05, 0.1) is 5.92 Å². The number of carbonyl (C=O) groups excluding carboxylic acids is 1. The molecule has 0 fully saturated rings. The van der Waals surface area contributed by atoms with Crippen LogP contribution in [0.4, 0.5) is 8.78 Å². The van der Waals surface area contributed by atoms with E-state index in [2.05, 4.69) is 10.1 Å². The number of benzene rings is 1. The Morgan fingerprint density at radius 2 is 2.16 bits per heavy atom. The number of rotatable bonds is 4. The Morgan fingerprint density at radius 1 is 1.42 bits per heavy atom. The summed E-state index contributed by atoms with van der Waals surface area (Å²) >= 11 is 0. The molecule has 0 amide bonds. The van der Waals surface area contributed by atoms with E-state index < -0.39 is 17.6 Å². The molecule has 1 aromatic carbocycles. The van der Waals surface area contributed by atoms with E-state index in [4.69, 9.17) is 4.52 Å². The van der Waals surface area contributed by atoms with Crippen LogP contribution in [0.3, 0.4) is 0 Å². The lowest BCUT2D eigenvalue weighted by Crippen LogP contribution is -2.04. The monoisotopic (exact) mass is 266 g/mol. The molecule has 4 nitrogen and oxygen atoms in total. The third-order valence-corrected chi connectivity index (χ3v) is 2.83. The molecule has 0 saturated heterocycles. The first-order chi connectivity index (χ1) is 8.97. The molecule has 100 valence electrons. The second kappa shape index (κ2) is 5.26. The molecule has 1 atom stereocenters. The van der Waals surface area contributed by atoms with Crippen molar-refractivity contribution in [2.75, 3.05) is 0 Å². The number of Topliss-reactive ketones (excluding diaryl/α,β-unsaturated/α-hetero) is 1. The van der Waals surface area contributed by atoms with E-state index in [1.54, 1.807) is 6.92 Å². The van der Waals surface area contributed by atoms with Crippen molar-refractivity contribution in [1.82, 2.24) is 10.1 Å². The first-order valence-electron chi connectivity index (χ1n) is 5.74. The van der Waals surface area contributed by atoms with E-state index in [0.717, 1.165) is 12.1 Å². The average Bonchev–Trinajstić information content (AvgIpc) is 2.80. The van der Waals surface area contributed by atoms with Gasteiger partial charge in [-0.05, 0) is 25.5 Å². The Hall–Kier alpha value is -2.11. The van der Waals surface area contributed by atoms with Crippen molar-refractivity contribution in [2.24, 2.45) is 0 Å². The number of nitrogens with zero attached hydrogens (tertiary/aromatic N) is 2. The van der Waals surface area contributed by atoms with E-state index in [0.29, 0.717) is 0 Å². The Bertz CT molecular complexity index is 610. The molecule has 0 N–H and O–H groups in total. The summed E-state index contributed by atoms with van der Waals surface area (Å²) in [6, 6.07) is 3.29. The molecule has 0 aliphatic carbocycles. The van der Waals surface area contributed by atoms with Crippen molar-refractivity contribution >= 4 is 5.78 Å². The van der Waals surface area contributed by atoms with Crippen molar-refractivity contribution < 1.29 is 18.1 Å². The summed E-state index contributed by atoms with van der Waals surface area (Å²) in [5.41, 5.74) is 0.268. The third kappa shape index (κ3) is 3.01. The highest BCUT2D eigenvalue weighted by atomic mass is 19.1. The zero-order valence-corrected chi connectivity index (χ0v) is 10.5. The van der Waals surface area contributed by atoms with Gasteiger partial charge in [0.15, 0.2) is 5.82 Å². The molecule has 0 aliphatic rings. The second-order valence-corrected chi connectivity index (χ2v) is 4.29. The first-order valence-corrected chi connectivity index (χ1v) is 5.74. The fourth-order valence-corrected chi connectivity index (χ4v) is 1.52. The zero-order chi connectivity index (χ0) is 14.0. The van der Waals surface area contributed by atoms with E-state index in [9.17, 15) is 13.6 Å². The summed E-state index contributed by atoms with van der Waals surface area (Å²) in [5.74, 6) is -1.42. The van der Waals surface area contributed by atoms with Crippen LogP contribution in [-0.4, -0.2) is 15.9 Å². The largest absolute Gasteiger partial charge is 0.339 e. The lowest BCUT2D eigenvalue weighted by molar-refractivity contribution is -0.118. The molecule has 0 radical (unpaired) electrons. The molecule has 2 rings (SSSR count). The number of hydrogen-bond acceptors (Lipinski definition) is 4. The molecule has 0 spiro atoms. The van der Waals surface area contributed by atoms with Crippen LogP contribution in [0.2, 0.25) is 0 Å².